The average molecular weight is 605 g/mol. The van der Waals surface area contributed by atoms with Gasteiger partial charge in [0.15, 0.2) is 6.10 Å². The van der Waals surface area contributed by atoms with Crippen LogP contribution in [0.2, 0.25) is 0 Å². The minimum Gasteiger partial charge on any atom is -0.461 e. The predicted molar refractivity (Wildman–Crippen MR) is 156 cm³/mol. The molecule has 0 aliphatic heterocycles. The van der Waals surface area contributed by atoms with E-state index in [1.807, 2.05) is 34.6 Å². The molecule has 3 aliphatic rings. The second-order valence-electron chi connectivity index (χ2n) is 13.3. The van der Waals surface area contributed by atoms with Crippen LogP contribution in [0, 0.1) is 28.6 Å². The Kier molecular flexibility index (Phi) is 10.2. The zero-order chi connectivity index (χ0) is 32.6. The fourth-order valence-electron chi connectivity index (χ4n) is 7.87. The summed E-state index contributed by atoms with van der Waals surface area (Å²) in [6.07, 6.45) is -2.67. The van der Waals surface area contributed by atoms with Gasteiger partial charge in [-0.3, -0.25) is 24.0 Å². The molecule has 3 rings (SSSR count). The maximum absolute atomic E-state index is 13.2. The Hall–Kier alpha value is -3.17. The van der Waals surface area contributed by atoms with Crippen molar-refractivity contribution in [1.82, 2.24) is 0 Å². The van der Waals surface area contributed by atoms with Crippen molar-refractivity contribution >= 4 is 29.8 Å². The molecule has 0 N–H and O–H groups in total. The number of fused-ring (bicyclic) bond motifs is 3. The van der Waals surface area contributed by atoms with E-state index in [1.54, 1.807) is 6.92 Å². The minimum absolute atomic E-state index is 0.289. The molecule has 0 amide bonds. The van der Waals surface area contributed by atoms with Gasteiger partial charge in [-0.2, -0.15) is 0 Å². The summed E-state index contributed by atoms with van der Waals surface area (Å²) in [5.74, 6) is -4.21. The molecule has 0 aromatic heterocycles. The zero-order valence-electron chi connectivity index (χ0n) is 27.2. The monoisotopic (exact) mass is 604 g/mol. The standard InChI is InChI=1S/C33H48O10/c1-12-16(2)31(38)43-24-15-17(3)25-29(41-21(7)36)30(42-22(8)37)33(11)14-13-23(39-19(5)34)18(4)26(33)28(40-20(6)35)27(24)32(25,9)10/h16,23-24,26-30H,4,12-15H2,1-3,5-11H3/t16-,23-,24-,26-,27-,28-,29+,30-,33+/m0/s1. The van der Waals surface area contributed by atoms with E-state index in [0.717, 1.165) is 11.1 Å². The molecule has 43 heavy (non-hydrogen) atoms. The van der Waals surface area contributed by atoms with E-state index in [4.69, 9.17) is 23.7 Å². The first kappa shape index (κ1) is 34.3. The fraction of sp³-hybridized carbons (Fsp3) is 0.727. The number of hydrogen-bond acceptors (Lipinski definition) is 10. The quantitative estimate of drug-likeness (QED) is 0.222. The van der Waals surface area contributed by atoms with Crippen molar-refractivity contribution in [3.63, 3.8) is 0 Å². The van der Waals surface area contributed by atoms with Gasteiger partial charge in [0.1, 0.15) is 24.4 Å². The topological polar surface area (TPSA) is 132 Å². The maximum atomic E-state index is 13.2. The highest BCUT2D eigenvalue weighted by molar-refractivity contribution is 5.72. The lowest BCUT2D eigenvalue weighted by Crippen LogP contribution is -2.65. The van der Waals surface area contributed by atoms with Gasteiger partial charge in [-0.15, -0.1) is 0 Å². The van der Waals surface area contributed by atoms with E-state index in [9.17, 15) is 24.0 Å². The second-order valence-corrected chi connectivity index (χ2v) is 13.3. The molecular weight excluding hydrogens is 556 g/mol. The molecule has 2 saturated carbocycles. The Morgan fingerprint density at radius 1 is 0.884 bits per heavy atom. The highest BCUT2D eigenvalue weighted by Crippen LogP contribution is 2.61. The van der Waals surface area contributed by atoms with Crippen LogP contribution < -0.4 is 0 Å². The molecule has 0 saturated heterocycles. The third kappa shape index (κ3) is 6.68. The zero-order valence-corrected chi connectivity index (χ0v) is 27.2. The van der Waals surface area contributed by atoms with Gasteiger partial charge in [0.2, 0.25) is 0 Å². The summed E-state index contributed by atoms with van der Waals surface area (Å²) < 4.78 is 30.2. The Morgan fingerprint density at radius 3 is 1.95 bits per heavy atom. The van der Waals surface area contributed by atoms with Crippen molar-refractivity contribution in [2.24, 2.45) is 28.6 Å². The summed E-state index contributed by atoms with van der Waals surface area (Å²) in [7, 11) is 0. The number of carbonyl (C=O) groups excluding carboxylic acids is 5. The van der Waals surface area contributed by atoms with Crippen molar-refractivity contribution in [3.8, 4) is 0 Å². The van der Waals surface area contributed by atoms with Crippen LogP contribution in [0.3, 0.4) is 0 Å². The molecule has 0 unspecified atom stereocenters. The Bertz CT molecular complexity index is 1200. The minimum atomic E-state index is -0.997. The molecule has 3 aliphatic carbocycles. The van der Waals surface area contributed by atoms with Crippen molar-refractivity contribution in [1.29, 1.82) is 0 Å². The molecule has 2 bridgehead atoms. The maximum Gasteiger partial charge on any atom is 0.308 e. The van der Waals surface area contributed by atoms with Crippen LogP contribution in [-0.4, -0.2) is 60.4 Å². The summed E-state index contributed by atoms with van der Waals surface area (Å²) >= 11 is 0. The van der Waals surface area contributed by atoms with Crippen LogP contribution >= 0.6 is 0 Å². The fourth-order valence-corrected chi connectivity index (χ4v) is 7.87. The van der Waals surface area contributed by atoms with Gasteiger partial charge < -0.3 is 23.7 Å². The normalized spacial score (nSPS) is 34.0. The van der Waals surface area contributed by atoms with Gasteiger partial charge in [-0.05, 0) is 42.7 Å². The molecule has 0 radical (unpaired) electrons. The number of esters is 5. The van der Waals surface area contributed by atoms with Gasteiger partial charge >= 0.3 is 29.8 Å². The van der Waals surface area contributed by atoms with E-state index < -0.39 is 77.1 Å². The largest absolute Gasteiger partial charge is 0.461 e. The lowest BCUT2D eigenvalue weighted by atomic mass is 9.49. The van der Waals surface area contributed by atoms with E-state index >= 15 is 0 Å². The van der Waals surface area contributed by atoms with Crippen LogP contribution in [-0.2, 0) is 47.7 Å². The number of hydrogen-bond donors (Lipinski definition) is 0. The first-order valence-corrected chi connectivity index (χ1v) is 15.1. The Balaban J connectivity index is 2.42. The highest BCUT2D eigenvalue weighted by Gasteiger charge is 2.65. The molecule has 0 aromatic rings. The molecule has 10 heteroatoms. The average Bonchev–Trinajstić information content (AvgIpc) is 2.85. The number of carbonyl (C=O) groups is 5. The molecule has 10 nitrogen and oxygen atoms in total. The Morgan fingerprint density at radius 2 is 1.44 bits per heavy atom. The van der Waals surface area contributed by atoms with Crippen LogP contribution in [0.4, 0.5) is 0 Å². The van der Waals surface area contributed by atoms with Crippen LogP contribution in [0.5, 0.6) is 0 Å². The van der Waals surface area contributed by atoms with Gasteiger partial charge in [0.25, 0.3) is 0 Å². The molecular formula is C33H48O10. The van der Waals surface area contributed by atoms with Crippen molar-refractivity contribution in [3.05, 3.63) is 23.3 Å². The molecule has 0 heterocycles. The predicted octanol–water partition coefficient (Wildman–Crippen LogP) is 5.02. The van der Waals surface area contributed by atoms with Crippen LogP contribution in [0.1, 0.15) is 94.9 Å². The summed E-state index contributed by atoms with van der Waals surface area (Å²) in [5, 5.41) is 0. The third-order valence-electron chi connectivity index (χ3n) is 9.73. The van der Waals surface area contributed by atoms with Crippen LogP contribution in [0.25, 0.3) is 0 Å². The first-order chi connectivity index (χ1) is 19.9. The van der Waals surface area contributed by atoms with Crippen molar-refractivity contribution in [2.45, 2.75) is 125 Å². The lowest BCUT2D eigenvalue weighted by molar-refractivity contribution is -0.212. The smallest absolute Gasteiger partial charge is 0.308 e. The molecule has 9 atom stereocenters. The Labute approximate surface area is 254 Å². The number of ether oxygens (including phenoxy) is 5. The van der Waals surface area contributed by atoms with E-state index in [2.05, 4.69) is 6.58 Å². The van der Waals surface area contributed by atoms with Crippen molar-refractivity contribution < 1.29 is 47.7 Å². The van der Waals surface area contributed by atoms with Gasteiger partial charge in [0.05, 0.1) is 5.92 Å². The first-order valence-electron chi connectivity index (χ1n) is 15.1. The number of rotatable bonds is 7. The van der Waals surface area contributed by atoms with E-state index in [1.165, 1.54) is 27.7 Å². The van der Waals surface area contributed by atoms with Crippen LogP contribution in [0.15, 0.2) is 23.3 Å². The molecule has 2 fully saturated rings. The van der Waals surface area contributed by atoms with Gasteiger partial charge in [0, 0.05) is 51.4 Å². The lowest BCUT2D eigenvalue weighted by Gasteiger charge is -2.60. The van der Waals surface area contributed by atoms with Gasteiger partial charge in [-0.25, -0.2) is 0 Å². The summed E-state index contributed by atoms with van der Waals surface area (Å²) in [4.78, 5) is 63.5. The SMILES string of the molecule is C=C1[C@@H](OC(C)=O)CC[C@@]2(C)[C@@H](OC(C)=O)[C@H](OC(C)=O)C3=C(C)C[C@H](OC(=O)[C@@H](C)CC)[C@@H]([C@@H](OC(C)=O)[C@H]12)C3(C)C. The summed E-state index contributed by atoms with van der Waals surface area (Å²) in [6, 6.07) is 0. The molecule has 240 valence electrons. The molecule has 0 aromatic carbocycles. The second kappa shape index (κ2) is 12.8. The van der Waals surface area contributed by atoms with Crippen molar-refractivity contribution in [2.75, 3.05) is 0 Å². The molecule has 0 spiro atoms. The van der Waals surface area contributed by atoms with E-state index in [-0.39, 0.29) is 18.3 Å². The third-order valence-corrected chi connectivity index (χ3v) is 9.73. The van der Waals surface area contributed by atoms with Gasteiger partial charge in [-0.1, -0.05) is 46.8 Å². The van der Waals surface area contributed by atoms with E-state index in [0.29, 0.717) is 24.8 Å². The summed E-state index contributed by atoms with van der Waals surface area (Å²) in [6.45, 7) is 21.0. The summed E-state index contributed by atoms with van der Waals surface area (Å²) in [5.41, 5.74) is 0.174. The highest BCUT2D eigenvalue weighted by atomic mass is 16.6.